The van der Waals surface area contributed by atoms with Crippen LogP contribution >= 0.6 is 0 Å². The minimum Gasteiger partial charge on any atom is -0.462 e. The Hall–Kier alpha value is -1.14. The molecule has 6 heteroatoms. The number of carbonyl (C=O) groups is 2. The maximum absolute atomic E-state index is 11.9. The molecule has 2 spiro atoms. The molecule has 2 aliphatic heterocycles. The number of aliphatic hydroxyl groups excluding tert-OH is 1. The van der Waals surface area contributed by atoms with E-state index in [0.29, 0.717) is 6.42 Å². The Kier molecular flexibility index (Phi) is 4.45. The molecule has 0 radical (unpaired) electrons. The summed E-state index contributed by atoms with van der Waals surface area (Å²) in [4.78, 5) is 23.8. The zero-order valence-electron chi connectivity index (χ0n) is 17.7. The third kappa shape index (κ3) is 2.59. The van der Waals surface area contributed by atoms with Gasteiger partial charge < -0.3 is 19.3 Å². The summed E-state index contributed by atoms with van der Waals surface area (Å²) in [6.07, 6.45) is 4.10. The number of fused-ring (bicyclic) bond motifs is 2. The molecule has 2 heterocycles. The molecule has 2 saturated heterocycles. The quantitative estimate of drug-likeness (QED) is 0.687. The topological polar surface area (TPSA) is 82.1 Å². The van der Waals surface area contributed by atoms with Crippen LogP contribution in [0.15, 0.2) is 0 Å². The van der Waals surface area contributed by atoms with E-state index in [1.807, 2.05) is 0 Å². The summed E-state index contributed by atoms with van der Waals surface area (Å²) in [7, 11) is 0. The van der Waals surface area contributed by atoms with E-state index in [9.17, 15) is 14.7 Å². The largest absolute Gasteiger partial charge is 0.462 e. The van der Waals surface area contributed by atoms with Crippen molar-refractivity contribution in [3.05, 3.63) is 0 Å². The van der Waals surface area contributed by atoms with Crippen molar-refractivity contribution >= 4 is 11.9 Å². The molecule has 4 rings (SSSR count). The van der Waals surface area contributed by atoms with Crippen LogP contribution in [0.5, 0.6) is 0 Å². The van der Waals surface area contributed by atoms with Crippen molar-refractivity contribution < 1.29 is 28.9 Å². The molecule has 7 atom stereocenters. The first-order valence-electron chi connectivity index (χ1n) is 10.7. The van der Waals surface area contributed by atoms with E-state index in [2.05, 4.69) is 27.7 Å². The highest BCUT2D eigenvalue weighted by molar-refractivity contribution is 5.73. The van der Waals surface area contributed by atoms with Gasteiger partial charge in [0.1, 0.15) is 11.7 Å². The average Bonchev–Trinajstić information content (AvgIpc) is 3.06. The van der Waals surface area contributed by atoms with Gasteiger partial charge in [-0.2, -0.15) is 0 Å². The van der Waals surface area contributed by atoms with Crippen LogP contribution in [0.3, 0.4) is 0 Å². The van der Waals surface area contributed by atoms with Crippen LogP contribution in [0, 0.1) is 22.7 Å². The van der Waals surface area contributed by atoms with Crippen LogP contribution in [-0.4, -0.2) is 40.6 Å². The second-order valence-electron chi connectivity index (χ2n) is 10.6. The number of hydrogen-bond acceptors (Lipinski definition) is 6. The van der Waals surface area contributed by atoms with Gasteiger partial charge in [-0.1, -0.05) is 34.1 Å². The minimum absolute atomic E-state index is 0.0139. The molecular weight excluding hydrogens is 360 g/mol. The molecule has 0 amide bonds. The smallest absolute Gasteiger partial charge is 0.311 e. The summed E-state index contributed by atoms with van der Waals surface area (Å²) >= 11 is 0. The SMILES string of the molecule is CC(=O)OC1CC(C)C2(CCC3(CC(=O)OC3O)O2)C2(C)CCCC(C)(C)C12. The molecule has 4 fully saturated rings. The van der Waals surface area contributed by atoms with Gasteiger partial charge >= 0.3 is 11.9 Å². The molecule has 4 aliphatic rings. The summed E-state index contributed by atoms with van der Waals surface area (Å²) in [6.45, 7) is 10.5. The van der Waals surface area contributed by atoms with Gasteiger partial charge in [-0.25, -0.2) is 0 Å². The van der Waals surface area contributed by atoms with Crippen LogP contribution in [0.4, 0.5) is 0 Å². The summed E-state index contributed by atoms with van der Waals surface area (Å²) < 4.78 is 17.8. The number of aliphatic hydroxyl groups is 1. The Morgan fingerprint density at radius 1 is 1.18 bits per heavy atom. The number of hydrogen-bond donors (Lipinski definition) is 1. The number of rotatable bonds is 1. The summed E-state index contributed by atoms with van der Waals surface area (Å²) in [6, 6.07) is 0. The van der Waals surface area contributed by atoms with E-state index in [1.54, 1.807) is 0 Å². The van der Waals surface area contributed by atoms with Crippen molar-refractivity contribution in [3.8, 4) is 0 Å². The lowest BCUT2D eigenvalue weighted by atomic mass is 9.43. The van der Waals surface area contributed by atoms with E-state index in [0.717, 1.165) is 32.1 Å². The zero-order chi connectivity index (χ0) is 20.5. The minimum atomic E-state index is -1.20. The molecule has 158 valence electrons. The van der Waals surface area contributed by atoms with Crippen molar-refractivity contribution in [2.75, 3.05) is 0 Å². The molecule has 2 aliphatic carbocycles. The normalized spacial score (nSPS) is 49.9. The van der Waals surface area contributed by atoms with Gasteiger partial charge in [-0.3, -0.25) is 9.59 Å². The predicted octanol–water partition coefficient (Wildman–Crippen LogP) is 3.34. The number of cyclic esters (lactones) is 1. The zero-order valence-corrected chi connectivity index (χ0v) is 17.7. The molecule has 0 bridgehead atoms. The lowest BCUT2D eigenvalue weighted by molar-refractivity contribution is -0.290. The molecule has 7 unspecified atom stereocenters. The lowest BCUT2D eigenvalue weighted by Gasteiger charge is -2.65. The van der Waals surface area contributed by atoms with Crippen molar-refractivity contribution in [1.29, 1.82) is 0 Å². The van der Waals surface area contributed by atoms with E-state index in [-0.39, 0.29) is 41.2 Å². The van der Waals surface area contributed by atoms with Gasteiger partial charge in [0.2, 0.25) is 6.29 Å². The predicted molar refractivity (Wildman–Crippen MR) is 101 cm³/mol. The van der Waals surface area contributed by atoms with Crippen LogP contribution in [0.2, 0.25) is 0 Å². The highest BCUT2D eigenvalue weighted by Crippen LogP contribution is 2.68. The fourth-order valence-electron chi connectivity index (χ4n) is 7.55. The lowest BCUT2D eigenvalue weighted by Crippen LogP contribution is -2.67. The van der Waals surface area contributed by atoms with Crippen LogP contribution in [-0.2, 0) is 23.8 Å². The van der Waals surface area contributed by atoms with Crippen molar-refractivity contribution in [2.24, 2.45) is 22.7 Å². The number of esters is 2. The second-order valence-corrected chi connectivity index (χ2v) is 10.6. The monoisotopic (exact) mass is 394 g/mol. The van der Waals surface area contributed by atoms with Crippen LogP contribution < -0.4 is 0 Å². The standard InChI is InChI=1S/C22H34O6/c1-13-11-15(26-14(2)23)17-19(3,4)7-6-8-20(17,5)22(13)10-9-21(28-22)12-16(24)27-18(21)25/h13,15,17-18,25H,6-12H2,1-5H3. The third-order valence-electron chi connectivity index (χ3n) is 8.52. The first-order valence-corrected chi connectivity index (χ1v) is 10.7. The van der Waals surface area contributed by atoms with Gasteiger partial charge in [0.25, 0.3) is 0 Å². The van der Waals surface area contributed by atoms with Crippen molar-refractivity contribution in [3.63, 3.8) is 0 Å². The van der Waals surface area contributed by atoms with Crippen molar-refractivity contribution in [1.82, 2.24) is 0 Å². The summed E-state index contributed by atoms with van der Waals surface area (Å²) in [5, 5.41) is 10.5. The molecular formula is C22H34O6. The van der Waals surface area contributed by atoms with Crippen LogP contribution in [0.25, 0.3) is 0 Å². The van der Waals surface area contributed by atoms with E-state index >= 15 is 0 Å². The van der Waals surface area contributed by atoms with E-state index in [1.165, 1.54) is 6.92 Å². The van der Waals surface area contributed by atoms with E-state index < -0.39 is 23.5 Å². The molecule has 0 aromatic carbocycles. The number of carbonyl (C=O) groups excluding carboxylic acids is 2. The van der Waals surface area contributed by atoms with Gasteiger partial charge in [-0.05, 0) is 43.4 Å². The van der Waals surface area contributed by atoms with Gasteiger partial charge in [0.05, 0.1) is 12.0 Å². The average molecular weight is 395 g/mol. The molecule has 28 heavy (non-hydrogen) atoms. The first-order chi connectivity index (χ1) is 13.0. The molecule has 0 aromatic heterocycles. The van der Waals surface area contributed by atoms with Crippen molar-refractivity contribution in [2.45, 2.75) is 103 Å². The molecule has 1 N–H and O–H groups in total. The Morgan fingerprint density at radius 3 is 2.50 bits per heavy atom. The maximum Gasteiger partial charge on any atom is 0.311 e. The Bertz CT molecular complexity index is 689. The first kappa shape index (κ1) is 20.1. The third-order valence-corrected chi connectivity index (χ3v) is 8.52. The second kappa shape index (κ2) is 6.18. The van der Waals surface area contributed by atoms with Gasteiger partial charge in [-0.15, -0.1) is 0 Å². The number of ether oxygens (including phenoxy) is 3. The van der Waals surface area contributed by atoms with Crippen LogP contribution in [0.1, 0.15) is 79.6 Å². The summed E-state index contributed by atoms with van der Waals surface area (Å²) in [5.41, 5.74) is -1.59. The van der Waals surface area contributed by atoms with E-state index in [4.69, 9.17) is 14.2 Å². The summed E-state index contributed by atoms with van der Waals surface area (Å²) in [5.74, 6) is -0.309. The highest BCUT2D eigenvalue weighted by atomic mass is 16.7. The Labute approximate surface area is 167 Å². The maximum atomic E-state index is 11.9. The van der Waals surface area contributed by atoms with Gasteiger partial charge in [0, 0.05) is 18.3 Å². The fourth-order valence-corrected chi connectivity index (χ4v) is 7.55. The molecule has 2 saturated carbocycles. The molecule has 6 nitrogen and oxygen atoms in total. The Morgan fingerprint density at radius 2 is 1.89 bits per heavy atom. The fraction of sp³-hybridized carbons (Fsp3) is 0.909. The Balaban J connectivity index is 1.77. The van der Waals surface area contributed by atoms with Gasteiger partial charge in [0.15, 0.2) is 0 Å². The molecule has 0 aromatic rings. The highest BCUT2D eigenvalue weighted by Gasteiger charge is 2.72.